The topological polar surface area (TPSA) is 55.6 Å². The predicted octanol–water partition coefficient (Wildman–Crippen LogP) is 0.999. The predicted molar refractivity (Wildman–Crippen MR) is 66.5 cm³/mol. The molecule has 1 heterocycles. The number of hydrogen-bond acceptors (Lipinski definition) is 3. The van der Waals surface area contributed by atoms with E-state index < -0.39 is 0 Å². The van der Waals surface area contributed by atoms with Crippen molar-refractivity contribution >= 4 is 5.91 Å². The van der Waals surface area contributed by atoms with Crippen LogP contribution < -0.4 is 5.73 Å². The lowest BCUT2D eigenvalue weighted by Gasteiger charge is -2.32. The minimum absolute atomic E-state index is 0.225. The molecule has 4 nitrogen and oxygen atoms in total. The van der Waals surface area contributed by atoms with Gasteiger partial charge in [-0.1, -0.05) is 0 Å². The Kier molecular flexibility index (Phi) is 4.40. The van der Waals surface area contributed by atoms with Crippen molar-refractivity contribution in [2.75, 3.05) is 26.8 Å². The summed E-state index contributed by atoms with van der Waals surface area (Å²) in [5.74, 6) is 1.18. The van der Waals surface area contributed by atoms with Crippen molar-refractivity contribution in [2.45, 2.75) is 38.1 Å². The van der Waals surface area contributed by atoms with Crippen molar-refractivity contribution in [3.05, 3.63) is 0 Å². The van der Waals surface area contributed by atoms with Crippen LogP contribution in [0.15, 0.2) is 0 Å². The highest BCUT2D eigenvalue weighted by Crippen LogP contribution is 2.30. The molecule has 1 saturated heterocycles. The van der Waals surface area contributed by atoms with Gasteiger partial charge in [-0.25, -0.2) is 0 Å². The first-order valence-corrected chi connectivity index (χ1v) is 6.77. The molecule has 1 saturated carbocycles. The van der Waals surface area contributed by atoms with Gasteiger partial charge >= 0.3 is 0 Å². The number of carbonyl (C=O) groups excluding carboxylic acids is 1. The fraction of sp³-hybridized carbons (Fsp3) is 0.923. The second-order valence-electron chi connectivity index (χ2n) is 5.42. The van der Waals surface area contributed by atoms with Crippen LogP contribution in [0, 0.1) is 11.8 Å². The number of likely N-dealkylation sites (N-methyl/N-ethyl adjacent to an activating group) is 1. The van der Waals surface area contributed by atoms with E-state index in [0.29, 0.717) is 24.5 Å². The highest BCUT2D eigenvalue weighted by Gasteiger charge is 2.31. The molecule has 2 aliphatic rings. The van der Waals surface area contributed by atoms with Crippen molar-refractivity contribution in [3.63, 3.8) is 0 Å². The summed E-state index contributed by atoms with van der Waals surface area (Å²) in [6.07, 6.45) is 5.24. The lowest BCUT2D eigenvalue weighted by atomic mass is 9.81. The van der Waals surface area contributed by atoms with Crippen LogP contribution in [0.1, 0.15) is 32.1 Å². The van der Waals surface area contributed by atoms with Gasteiger partial charge < -0.3 is 15.4 Å². The maximum Gasteiger partial charge on any atom is 0.225 e. The van der Waals surface area contributed by atoms with Gasteiger partial charge in [-0.15, -0.1) is 0 Å². The Morgan fingerprint density at radius 3 is 2.53 bits per heavy atom. The Morgan fingerprint density at radius 1 is 1.29 bits per heavy atom. The van der Waals surface area contributed by atoms with Gasteiger partial charge in [0.2, 0.25) is 5.91 Å². The zero-order chi connectivity index (χ0) is 12.3. The number of rotatable bonds is 3. The first kappa shape index (κ1) is 12.8. The number of hydrogen-bond donors (Lipinski definition) is 1. The Hall–Kier alpha value is -0.610. The third-order valence-electron chi connectivity index (χ3n) is 4.33. The van der Waals surface area contributed by atoms with E-state index in [4.69, 9.17) is 10.5 Å². The Balaban J connectivity index is 1.83. The molecular formula is C13H24N2O2. The second-order valence-corrected chi connectivity index (χ2v) is 5.42. The van der Waals surface area contributed by atoms with Gasteiger partial charge in [-0.2, -0.15) is 0 Å². The van der Waals surface area contributed by atoms with Crippen molar-refractivity contribution in [3.8, 4) is 0 Å². The van der Waals surface area contributed by atoms with Crippen LogP contribution in [0.4, 0.5) is 0 Å². The summed E-state index contributed by atoms with van der Waals surface area (Å²) >= 11 is 0. The van der Waals surface area contributed by atoms with Crippen molar-refractivity contribution < 1.29 is 9.53 Å². The van der Waals surface area contributed by atoms with Crippen molar-refractivity contribution in [1.82, 2.24) is 4.90 Å². The summed E-state index contributed by atoms with van der Waals surface area (Å²) in [6, 6.07) is 0.301. The maximum atomic E-state index is 12.3. The van der Waals surface area contributed by atoms with Gasteiger partial charge in [0, 0.05) is 19.6 Å². The van der Waals surface area contributed by atoms with Gasteiger partial charge in [0.05, 0.1) is 12.6 Å². The number of nitrogens with zero attached hydrogens (tertiary/aromatic N) is 1. The van der Waals surface area contributed by atoms with Gasteiger partial charge in [0.1, 0.15) is 0 Å². The zero-order valence-corrected chi connectivity index (χ0v) is 10.7. The standard InChI is InChI=1S/C13H24N2O2/c1-15(12-6-7-17-9-12)13(16)11-4-2-10(8-14)3-5-11/h10-12H,2-9,14H2,1H3. The van der Waals surface area contributed by atoms with E-state index >= 15 is 0 Å². The molecule has 2 N–H and O–H groups in total. The number of ether oxygens (including phenoxy) is 1. The molecule has 0 aromatic carbocycles. The second kappa shape index (κ2) is 5.83. The SMILES string of the molecule is CN(C(=O)C1CCC(CN)CC1)C1CCOC1. The van der Waals surface area contributed by atoms with Crippen LogP contribution in [0.3, 0.4) is 0 Å². The monoisotopic (exact) mass is 240 g/mol. The minimum Gasteiger partial charge on any atom is -0.379 e. The minimum atomic E-state index is 0.225. The average molecular weight is 240 g/mol. The summed E-state index contributed by atoms with van der Waals surface area (Å²) in [7, 11) is 1.93. The summed E-state index contributed by atoms with van der Waals surface area (Å²) < 4.78 is 5.34. The maximum absolute atomic E-state index is 12.3. The van der Waals surface area contributed by atoms with Gasteiger partial charge in [0.15, 0.2) is 0 Å². The molecule has 4 heteroatoms. The Bertz CT molecular complexity index is 256. The van der Waals surface area contributed by atoms with E-state index in [2.05, 4.69) is 0 Å². The van der Waals surface area contributed by atoms with E-state index in [0.717, 1.165) is 45.3 Å². The van der Waals surface area contributed by atoms with Crippen LogP contribution >= 0.6 is 0 Å². The molecule has 0 spiro atoms. The molecule has 1 atom stereocenters. The van der Waals surface area contributed by atoms with E-state index in [1.807, 2.05) is 11.9 Å². The fourth-order valence-corrected chi connectivity index (χ4v) is 2.94. The normalized spacial score (nSPS) is 33.6. The molecule has 0 aromatic heterocycles. The Labute approximate surface area is 103 Å². The highest BCUT2D eigenvalue weighted by atomic mass is 16.5. The average Bonchev–Trinajstić information content (AvgIpc) is 2.91. The quantitative estimate of drug-likeness (QED) is 0.800. The van der Waals surface area contributed by atoms with Gasteiger partial charge in [-0.05, 0) is 44.6 Å². The van der Waals surface area contributed by atoms with Crippen LogP contribution in [0.25, 0.3) is 0 Å². The van der Waals surface area contributed by atoms with Crippen LogP contribution in [-0.2, 0) is 9.53 Å². The largest absolute Gasteiger partial charge is 0.379 e. The van der Waals surface area contributed by atoms with Crippen LogP contribution in [-0.4, -0.2) is 43.7 Å². The van der Waals surface area contributed by atoms with Crippen LogP contribution in [0.5, 0.6) is 0 Å². The number of nitrogens with two attached hydrogens (primary N) is 1. The molecule has 2 rings (SSSR count). The molecule has 0 radical (unpaired) electrons. The molecule has 1 amide bonds. The smallest absolute Gasteiger partial charge is 0.225 e. The highest BCUT2D eigenvalue weighted by molar-refractivity contribution is 5.79. The summed E-state index contributed by atoms with van der Waals surface area (Å²) in [5, 5.41) is 0. The molecule has 98 valence electrons. The third kappa shape index (κ3) is 2.99. The third-order valence-corrected chi connectivity index (χ3v) is 4.33. The molecule has 17 heavy (non-hydrogen) atoms. The van der Waals surface area contributed by atoms with E-state index in [-0.39, 0.29) is 5.92 Å². The lowest BCUT2D eigenvalue weighted by molar-refractivity contribution is -0.137. The van der Waals surface area contributed by atoms with Gasteiger partial charge in [-0.3, -0.25) is 4.79 Å². The molecule has 1 aliphatic heterocycles. The van der Waals surface area contributed by atoms with Crippen molar-refractivity contribution in [1.29, 1.82) is 0 Å². The van der Waals surface area contributed by atoms with E-state index in [1.165, 1.54) is 0 Å². The van der Waals surface area contributed by atoms with Crippen LogP contribution in [0.2, 0.25) is 0 Å². The molecule has 1 aliphatic carbocycles. The molecule has 1 unspecified atom stereocenters. The number of carbonyl (C=O) groups is 1. The molecule has 0 bridgehead atoms. The van der Waals surface area contributed by atoms with E-state index in [9.17, 15) is 4.79 Å². The summed E-state index contributed by atoms with van der Waals surface area (Å²) in [5.41, 5.74) is 5.67. The fourth-order valence-electron chi connectivity index (χ4n) is 2.94. The molecular weight excluding hydrogens is 216 g/mol. The first-order chi connectivity index (χ1) is 8.22. The Morgan fingerprint density at radius 2 is 2.00 bits per heavy atom. The zero-order valence-electron chi connectivity index (χ0n) is 10.7. The van der Waals surface area contributed by atoms with Gasteiger partial charge in [0.25, 0.3) is 0 Å². The van der Waals surface area contributed by atoms with Crippen molar-refractivity contribution in [2.24, 2.45) is 17.6 Å². The number of amides is 1. The molecule has 0 aromatic rings. The summed E-state index contributed by atoms with van der Waals surface area (Å²) in [4.78, 5) is 14.2. The van der Waals surface area contributed by atoms with E-state index in [1.54, 1.807) is 0 Å². The first-order valence-electron chi connectivity index (χ1n) is 6.77. The summed E-state index contributed by atoms with van der Waals surface area (Å²) in [6.45, 7) is 2.27. The molecule has 2 fully saturated rings. The lowest BCUT2D eigenvalue weighted by Crippen LogP contribution is -2.42.